The van der Waals surface area contributed by atoms with Gasteiger partial charge in [0.1, 0.15) is 5.69 Å². The Hall–Kier alpha value is -3.44. The van der Waals surface area contributed by atoms with Gasteiger partial charge in [0.05, 0.1) is 27.0 Å². The van der Waals surface area contributed by atoms with E-state index in [0.717, 1.165) is 5.69 Å². The first-order valence-electron chi connectivity index (χ1n) is 7.57. The van der Waals surface area contributed by atoms with E-state index in [9.17, 15) is 14.9 Å². The van der Waals surface area contributed by atoms with Crippen molar-refractivity contribution < 1.29 is 9.72 Å². The third-order valence-corrected chi connectivity index (χ3v) is 5.14. The van der Waals surface area contributed by atoms with E-state index in [2.05, 4.69) is 25.6 Å². The number of nitrogens with zero attached hydrogens (tertiary/aromatic N) is 4. The lowest BCUT2D eigenvalue weighted by molar-refractivity contribution is -0.384. The van der Waals surface area contributed by atoms with E-state index >= 15 is 0 Å². The second kappa shape index (κ2) is 7.05. The quantitative estimate of drug-likeness (QED) is 0.384. The Morgan fingerprint density at radius 1 is 1.19 bits per heavy atom. The minimum atomic E-state index is -0.469. The molecule has 27 heavy (non-hydrogen) atoms. The van der Waals surface area contributed by atoms with E-state index in [0.29, 0.717) is 20.5 Å². The number of aromatic nitrogens is 3. The maximum atomic E-state index is 12.4. The molecule has 2 N–H and O–H groups in total. The van der Waals surface area contributed by atoms with Crippen molar-refractivity contribution in [2.75, 3.05) is 10.6 Å². The molecule has 0 saturated carbocycles. The van der Waals surface area contributed by atoms with Crippen LogP contribution in [0.1, 0.15) is 10.5 Å². The predicted molar refractivity (Wildman–Crippen MR) is 104 cm³/mol. The number of carbonyl (C=O) groups excluding carboxylic acids is 1. The molecule has 0 radical (unpaired) electrons. The molecule has 0 unspecified atom stereocenters. The lowest BCUT2D eigenvalue weighted by atomic mass is 10.3. The molecule has 0 aliphatic rings. The lowest BCUT2D eigenvalue weighted by Gasteiger charge is -2.00. The monoisotopic (exact) mass is 398 g/mol. The number of hydrogen-bond donors (Lipinski definition) is 2. The number of pyridine rings is 1. The van der Waals surface area contributed by atoms with Gasteiger partial charge in [-0.1, -0.05) is 11.3 Å². The standard InChI is InChI=1S/C16H10N6O3S2/c23-14(12-8-26-15(20-12)18-9-2-1-5-17-7-9)21-16-19-11-4-3-10(22(24)25)6-13(11)27-16/h1-8H,(H,18,20)(H,19,21,23). The molecule has 4 rings (SSSR count). The highest BCUT2D eigenvalue weighted by Gasteiger charge is 2.15. The Morgan fingerprint density at radius 3 is 2.85 bits per heavy atom. The molecule has 1 amide bonds. The van der Waals surface area contributed by atoms with Crippen LogP contribution in [0.5, 0.6) is 0 Å². The number of hydrogen-bond acceptors (Lipinski definition) is 9. The number of non-ortho nitro benzene ring substituents is 1. The molecule has 0 saturated heterocycles. The van der Waals surface area contributed by atoms with Crippen LogP contribution in [0.4, 0.5) is 21.6 Å². The number of nitro benzene ring substituents is 1. The molecule has 0 spiro atoms. The van der Waals surface area contributed by atoms with E-state index in [1.807, 2.05) is 6.07 Å². The van der Waals surface area contributed by atoms with Crippen molar-refractivity contribution in [3.05, 3.63) is 63.9 Å². The molecule has 134 valence electrons. The summed E-state index contributed by atoms with van der Waals surface area (Å²) in [5.41, 5.74) is 1.58. The molecule has 0 bridgehead atoms. The van der Waals surface area contributed by atoms with E-state index < -0.39 is 10.8 Å². The molecular weight excluding hydrogens is 388 g/mol. The number of thiazole rings is 2. The lowest BCUT2D eigenvalue weighted by Crippen LogP contribution is -2.12. The Morgan fingerprint density at radius 2 is 2.07 bits per heavy atom. The fourth-order valence-corrected chi connectivity index (χ4v) is 3.84. The van der Waals surface area contributed by atoms with Gasteiger partial charge in [0, 0.05) is 23.7 Å². The van der Waals surface area contributed by atoms with Gasteiger partial charge in [-0.25, -0.2) is 9.97 Å². The Balaban J connectivity index is 1.49. The van der Waals surface area contributed by atoms with Crippen molar-refractivity contribution in [3.63, 3.8) is 0 Å². The maximum absolute atomic E-state index is 12.4. The van der Waals surface area contributed by atoms with Gasteiger partial charge in [-0.15, -0.1) is 11.3 Å². The van der Waals surface area contributed by atoms with Gasteiger partial charge in [-0.2, -0.15) is 0 Å². The van der Waals surface area contributed by atoms with E-state index in [-0.39, 0.29) is 11.4 Å². The SMILES string of the molecule is O=C(Nc1nc2ccc([N+](=O)[O-])cc2s1)c1csc(Nc2cccnc2)n1. The van der Waals surface area contributed by atoms with Crippen LogP contribution in [-0.4, -0.2) is 25.8 Å². The smallest absolute Gasteiger partial charge is 0.276 e. The number of rotatable bonds is 5. The summed E-state index contributed by atoms with van der Waals surface area (Å²) in [6, 6.07) is 8.00. The summed E-state index contributed by atoms with van der Waals surface area (Å²) in [7, 11) is 0. The highest BCUT2D eigenvalue weighted by molar-refractivity contribution is 7.22. The predicted octanol–water partition coefficient (Wildman–Crippen LogP) is 4.05. The third-order valence-electron chi connectivity index (χ3n) is 3.45. The van der Waals surface area contributed by atoms with Crippen LogP contribution in [0.25, 0.3) is 10.2 Å². The fourth-order valence-electron chi connectivity index (χ4n) is 2.24. The first kappa shape index (κ1) is 17.0. The van der Waals surface area contributed by atoms with E-state index in [4.69, 9.17) is 0 Å². The van der Waals surface area contributed by atoms with Gasteiger partial charge in [0.15, 0.2) is 10.3 Å². The fraction of sp³-hybridized carbons (Fsp3) is 0. The molecule has 0 aliphatic carbocycles. The average Bonchev–Trinajstić information content (AvgIpc) is 3.28. The van der Waals surface area contributed by atoms with Crippen molar-refractivity contribution in [2.24, 2.45) is 0 Å². The molecule has 4 aromatic rings. The third kappa shape index (κ3) is 3.73. The van der Waals surface area contributed by atoms with Crippen molar-refractivity contribution in [3.8, 4) is 0 Å². The number of amides is 1. The topological polar surface area (TPSA) is 123 Å². The average molecular weight is 398 g/mol. The summed E-state index contributed by atoms with van der Waals surface area (Å²) in [6.07, 6.45) is 3.32. The highest BCUT2D eigenvalue weighted by Crippen LogP contribution is 2.29. The molecule has 0 fully saturated rings. The zero-order valence-electron chi connectivity index (χ0n) is 13.4. The van der Waals surface area contributed by atoms with Crippen LogP contribution in [0.15, 0.2) is 48.1 Å². The number of nitrogens with one attached hydrogen (secondary N) is 2. The molecule has 0 aliphatic heterocycles. The molecule has 1 aromatic carbocycles. The van der Waals surface area contributed by atoms with Gasteiger partial charge in [-0.3, -0.25) is 25.2 Å². The number of nitro groups is 1. The number of anilines is 3. The minimum absolute atomic E-state index is 0.0188. The van der Waals surface area contributed by atoms with Crippen LogP contribution in [-0.2, 0) is 0 Å². The van der Waals surface area contributed by atoms with Crippen molar-refractivity contribution in [2.45, 2.75) is 0 Å². The summed E-state index contributed by atoms with van der Waals surface area (Å²) in [4.78, 5) is 35.3. The summed E-state index contributed by atoms with van der Waals surface area (Å²) in [5, 5.41) is 19.1. The van der Waals surface area contributed by atoms with Crippen molar-refractivity contribution in [1.82, 2.24) is 15.0 Å². The summed E-state index contributed by atoms with van der Waals surface area (Å²) >= 11 is 2.46. The largest absolute Gasteiger partial charge is 0.330 e. The van der Waals surface area contributed by atoms with E-state index in [1.54, 1.807) is 29.9 Å². The van der Waals surface area contributed by atoms with Gasteiger partial charge < -0.3 is 5.32 Å². The summed E-state index contributed by atoms with van der Waals surface area (Å²) in [5.74, 6) is -0.404. The van der Waals surface area contributed by atoms with Crippen molar-refractivity contribution >= 4 is 60.4 Å². The minimum Gasteiger partial charge on any atom is -0.330 e. The van der Waals surface area contributed by atoms with Gasteiger partial charge >= 0.3 is 0 Å². The molecule has 3 heterocycles. The Bertz CT molecular complexity index is 1140. The van der Waals surface area contributed by atoms with Crippen LogP contribution in [0.2, 0.25) is 0 Å². The van der Waals surface area contributed by atoms with Gasteiger partial charge in [0.2, 0.25) is 0 Å². The van der Waals surface area contributed by atoms with Gasteiger partial charge in [0.25, 0.3) is 11.6 Å². The van der Waals surface area contributed by atoms with E-state index in [1.165, 1.54) is 34.8 Å². The number of fused-ring (bicyclic) bond motifs is 1. The van der Waals surface area contributed by atoms with Crippen LogP contribution in [0, 0.1) is 10.1 Å². The second-order valence-corrected chi connectivity index (χ2v) is 7.18. The molecule has 9 nitrogen and oxygen atoms in total. The normalized spacial score (nSPS) is 10.7. The summed E-state index contributed by atoms with van der Waals surface area (Å²) in [6.45, 7) is 0. The number of benzene rings is 1. The zero-order chi connectivity index (χ0) is 18.8. The molecule has 11 heteroatoms. The summed E-state index contributed by atoms with van der Waals surface area (Å²) < 4.78 is 0.622. The first-order valence-corrected chi connectivity index (χ1v) is 9.27. The zero-order valence-corrected chi connectivity index (χ0v) is 15.1. The molecule has 3 aromatic heterocycles. The molecular formula is C16H10N6O3S2. The van der Waals surface area contributed by atoms with Crippen LogP contribution in [0.3, 0.4) is 0 Å². The van der Waals surface area contributed by atoms with Crippen LogP contribution < -0.4 is 10.6 Å². The first-order chi connectivity index (χ1) is 13.1. The molecule has 0 atom stereocenters. The Labute approximate surface area is 159 Å². The Kier molecular flexibility index (Phi) is 4.44. The highest BCUT2D eigenvalue weighted by atomic mass is 32.1. The van der Waals surface area contributed by atoms with Crippen molar-refractivity contribution in [1.29, 1.82) is 0 Å². The maximum Gasteiger partial charge on any atom is 0.276 e. The van der Waals surface area contributed by atoms with Gasteiger partial charge in [-0.05, 0) is 18.2 Å². The number of carbonyl (C=O) groups is 1. The second-order valence-electron chi connectivity index (χ2n) is 5.29. The van der Waals surface area contributed by atoms with Crippen LogP contribution >= 0.6 is 22.7 Å².